The lowest BCUT2D eigenvalue weighted by Gasteiger charge is -2.19. The van der Waals surface area contributed by atoms with Gasteiger partial charge in [-0.3, -0.25) is 10.2 Å². The number of amidine groups is 2. The van der Waals surface area contributed by atoms with Gasteiger partial charge in [0, 0.05) is 5.56 Å². The fourth-order valence-electron chi connectivity index (χ4n) is 2.44. The molecule has 2 aromatic rings. The fourth-order valence-corrected chi connectivity index (χ4v) is 3.05. The molecule has 0 atom stereocenters. The maximum absolute atomic E-state index is 12.1. The predicted molar refractivity (Wildman–Crippen MR) is 97.2 cm³/mol. The number of amides is 1. The number of furan rings is 1. The predicted octanol–water partition coefficient (Wildman–Crippen LogP) is 2.89. The third-order valence-electron chi connectivity index (χ3n) is 3.73. The summed E-state index contributed by atoms with van der Waals surface area (Å²) in [5.41, 5.74) is 2.47. The number of nitrogens with one attached hydrogen (secondary N) is 1. The molecular formula is C17H10N4O4S. The van der Waals surface area contributed by atoms with Crippen LogP contribution in [0.4, 0.5) is 0 Å². The van der Waals surface area contributed by atoms with Crippen molar-refractivity contribution < 1.29 is 19.1 Å². The molecule has 2 aliphatic heterocycles. The van der Waals surface area contributed by atoms with Gasteiger partial charge in [0.25, 0.3) is 5.91 Å². The second-order valence-electron chi connectivity index (χ2n) is 5.34. The molecule has 1 aromatic heterocycles. The number of benzene rings is 1. The average molecular weight is 366 g/mol. The Morgan fingerprint density at radius 1 is 1.23 bits per heavy atom. The van der Waals surface area contributed by atoms with E-state index in [9.17, 15) is 9.59 Å². The third kappa shape index (κ3) is 2.74. The molecule has 0 bridgehead atoms. The summed E-state index contributed by atoms with van der Waals surface area (Å²) in [6.07, 6.45) is 1.44. The Morgan fingerprint density at radius 3 is 2.73 bits per heavy atom. The number of nitrogens with zero attached hydrogens (tertiary/aromatic N) is 3. The molecule has 9 heteroatoms. The molecule has 0 fully saturated rings. The summed E-state index contributed by atoms with van der Waals surface area (Å²) >= 11 is 1.18. The lowest BCUT2D eigenvalue weighted by Crippen LogP contribution is -2.35. The zero-order valence-electron chi connectivity index (χ0n) is 13.0. The van der Waals surface area contributed by atoms with E-state index in [1.165, 1.54) is 40.5 Å². The SMILES string of the molecule is N=C1C(=Cc2ccc(-c3ccc(C(=O)O)cc3)o2)C(=O)N=C2SC=NN12. The summed E-state index contributed by atoms with van der Waals surface area (Å²) in [6, 6.07) is 9.61. The number of thioether (sulfide) groups is 1. The lowest BCUT2D eigenvalue weighted by atomic mass is 10.1. The van der Waals surface area contributed by atoms with Gasteiger partial charge in [-0.2, -0.15) is 15.1 Å². The van der Waals surface area contributed by atoms with E-state index in [0.717, 1.165) is 0 Å². The Kier molecular flexibility index (Phi) is 3.77. The van der Waals surface area contributed by atoms with Crippen LogP contribution in [-0.2, 0) is 4.79 Å². The van der Waals surface area contributed by atoms with Gasteiger partial charge in [0.1, 0.15) is 11.5 Å². The molecule has 1 aromatic carbocycles. The minimum atomic E-state index is -1.00. The molecule has 0 saturated carbocycles. The first kappa shape index (κ1) is 16.0. The number of carbonyl (C=O) groups is 2. The molecular weight excluding hydrogens is 356 g/mol. The number of hydrazone groups is 1. The van der Waals surface area contributed by atoms with Crippen molar-refractivity contribution in [2.24, 2.45) is 10.1 Å². The van der Waals surface area contributed by atoms with Gasteiger partial charge in [-0.25, -0.2) is 4.79 Å². The normalized spacial score (nSPS) is 17.6. The summed E-state index contributed by atoms with van der Waals surface area (Å²) in [4.78, 5) is 26.9. The Labute approximate surface area is 151 Å². The number of fused-ring (bicyclic) bond motifs is 1. The Hall–Kier alpha value is -3.46. The lowest BCUT2D eigenvalue weighted by molar-refractivity contribution is -0.114. The van der Waals surface area contributed by atoms with Crippen molar-refractivity contribution in [3.05, 3.63) is 53.3 Å². The maximum Gasteiger partial charge on any atom is 0.335 e. The first-order valence-electron chi connectivity index (χ1n) is 7.39. The number of carbonyl (C=O) groups excluding carboxylic acids is 1. The zero-order valence-corrected chi connectivity index (χ0v) is 13.9. The maximum atomic E-state index is 12.1. The summed E-state index contributed by atoms with van der Waals surface area (Å²) in [5, 5.41) is 22.7. The topological polar surface area (TPSA) is 119 Å². The molecule has 2 N–H and O–H groups in total. The Bertz CT molecular complexity index is 1030. The number of aliphatic imine (C=N–C) groups is 1. The van der Waals surface area contributed by atoms with Crippen LogP contribution in [0.25, 0.3) is 17.4 Å². The van der Waals surface area contributed by atoms with Gasteiger partial charge in [-0.05, 0) is 42.1 Å². The molecule has 4 rings (SSSR count). The zero-order chi connectivity index (χ0) is 18.3. The Morgan fingerprint density at radius 2 is 2.00 bits per heavy atom. The second kappa shape index (κ2) is 6.12. The standard InChI is InChI=1S/C17H10N4O4S/c18-14-12(15(22)20-17-21(14)19-8-26-17)7-11-5-6-13(25-11)9-1-3-10(4-2-9)16(23)24/h1-8,18H,(H,23,24). The first-order valence-corrected chi connectivity index (χ1v) is 8.27. The van der Waals surface area contributed by atoms with E-state index in [1.54, 1.807) is 24.3 Å². The number of carboxylic acids is 1. The highest BCUT2D eigenvalue weighted by Crippen LogP contribution is 2.27. The fraction of sp³-hybridized carbons (Fsp3) is 0. The Balaban J connectivity index is 1.63. The van der Waals surface area contributed by atoms with E-state index >= 15 is 0 Å². The molecule has 26 heavy (non-hydrogen) atoms. The first-order chi connectivity index (χ1) is 12.5. The molecule has 128 valence electrons. The molecule has 1 amide bonds. The van der Waals surface area contributed by atoms with E-state index in [1.807, 2.05) is 0 Å². The van der Waals surface area contributed by atoms with Crippen LogP contribution in [0.1, 0.15) is 16.1 Å². The van der Waals surface area contributed by atoms with E-state index in [4.69, 9.17) is 14.9 Å². The van der Waals surface area contributed by atoms with Gasteiger partial charge in [-0.1, -0.05) is 12.1 Å². The van der Waals surface area contributed by atoms with E-state index in [-0.39, 0.29) is 17.0 Å². The van der Waals surface area contributed by atoms with E-state index in [0.29, 0.717) is 22.3 Å². The summed E-state index contributed by atoms with van der Waals surface area (Å²) in [5.74, 6) is -0.696. The van der Waals surface area contributed by atoms with Crippen molar-refractivity contribution in [3.8, 4) is 11.3 Å². The van der Waals surface area contributed by atoms with Crippen LogP contribution in [-0.4, -0.2) is 38.5 Å². The minimum Gasteiger partial charge on any atom is -0.478 e. The van der Waals surface area contributed by atoms with E-state index < -0.39 is 11.9 Å². The van der Waals surface area contributed by atoms with Crippen LogP contribution in [0.2, 0.25) is 0 Å². The summed E-state index contributed by atoms with van der Waals surface area (Å²) in [7, 11) is 0. The molecule has 3 heterocycles. The average Bonchev–Trinajstić information content (AvgIpc) is 3.28. The molecule has 2 aliphatic rings. The van der Waals surface area contributed by atoms with Crippen molar-refractivity contribution >= 4 is 46.3 Å². The number of hydrogen-bond donors (Lipinski definition) is 2. The molecule has 0 saturated heterocycles. The van der Waals surface area contributed by atoms with Crippen molar-refractivity contribution in [2.75, 3.05) is 0 Å². The quantitative estimate of drug-likeness (QED) is 0.806. The summed E-state index contributed by atoms with van der Waals surface area (Å²) in [6.45, 7) is 0. The van der Waals surface area contributed by atoms with Gasteiger partial charge < -0.3 is 9.52 Å². The van der Waals surface area contributed by atoms with Crippen LogP contribution in [0.3, 0.4) is 0 Å². The largest absolute Gasteiger partial charge is 0.478 e. The van der Waals surface area contributed by atoms with Gasteiger partial charge in [0.05, 0.1) is 16.7 Å². The highest BCUT2D eigenvalue weighted by atomic mass is 32.2. The summed E-state index contributed by atoms with van der Waals surface area (Å²) < 4.78 is 5.70. The van der Waals surface area contributed by atoms with Crippen LogP contribution in [0.15, 0.2) is 56.5 Å². The number of carboxylic acid groups (broad SMARTS) is 1. The second-order valence-corrected chi connectivity index (χ2v) is 6.15. The van der Waals surface area contributed by atoms with Crippen molar-refractivity contribution in [1.82, 2.24) is 5.01 Å². The highest BCUT2D eigenvalue weighted by Gasteiger charge is 2.32. The molecule has 0 radical (unpaired) electrons. The highest BCUT2D eigenvalue weighted by molar-refractivity contribution is 8.25. The number of rotatable bonds is 3. The van der Waals surface area contributed by atoms with Crippen LogP contribution < -0.4 is 0 Å². The van der Waals surface area contributed by atoms with Gasteiger partial charge in [-0.15, -0.1) is 0 Å². The molecule has 0 spiro atoms. The van der Waals surface area contributed by atoms with Crippen LogP contribution >= 0.6 is 11.8 Å². The van der Waals surface area contributed by atoms with Crippen LogP contribution in [0, 0.1) is 5.41 Å². The van der Waals surface area contributed by atoms with Crippen molar-refractivity contribution in [2.45, 2.75) is 0 Å². The van der Waals surface area contributed by atoms with Crippen LogP contribution in [0.5, 0.6) is 0 Å². The van der Waals surface area contributed by atoms with E-state index in [2.05, 4.69) is 10.1 Å². The van der Waals surface area contributed by atoms with Gasteiger partial charge in [0.15, 0.2) is 11.0 Å². The van der Waals surface area contributed by atoms with Crippen molar-refractivity contribution in [3.63, 3.8) is 0 Å². The number of hydrogen-bond acceptors (Lipinski definition) is 6. The van der Waals surface area contributed by atoms with Crippen molar-refractivity contribution in [1.29, 1.82) is 5.41 Å². The molecule has 0 aliphatic carbocycles. The third-order valence-corrected chi connectivity index (χ3v) is 4.40. The monoisotopic (exact) mass is 366 g/mol. The molecule has 8 nitrogen and oxygen atoms in total. The minimum absolute atomic E-state index is 0.0648. The molecule has 0 unspecified atom stereocenters. The van der Waals surface area contributed by atoms with Gasteiger partial charge in [0.2, 0.25) is 0 Å². The number of aromatic carboxylic acids is 1. The van der Waals surface area contributed by atoms with Gasteiger partial charge >= 0.3 is 5.97 Å². The smallest absolute Gasteiger partial charge is 0.335 e.